The molecule has 5 nitrogen and oxygen atoms in total. The molecule has 3 aliphatic rings. The summed E-state index contributed by atoms with van der Waals surface area (Å²) in [6.45, 7) is 13.8. The molecule has 0 radical (unpaired) electrons. The molecule has 6 atom stereocenters. The van der Waals surface area contributed by atoms with Crippen molar-refractivity contribution in [3.8, 4) is 0 Å². The van der Waals surface area contributed by atoms with E-state index >= 15 is 0 Å². The van der Waals surface area contributed by atoms with E-state index in [4.69, 9.17) is 5.11 Å². The lowest BCUT2D eigenvalue weighted by Crippen LogP contribution is -2.52. The minimum Gasteiger partial charge on any atom is -0.478 e. The van der Waals surface area contributed by atoms with Crippen LogP contribution in [-0.2, 0) is 19.2 Å². The lowest BCUT2D eigenvalue weighted by molar-refractivity contribution is -0.141. The molecule has 0 unspecified atom stereocenters. The Morgan fingerprint density at radius 3 is 2.37 bits per heavy atom. The number of carboxylic acids is 1. The summed E-state index contributed by atoms with van der Waals surface area (Å²) in [4.78, 5) is 49.8. The predicted octanol–water partition coefficient (Wildman–Crippen LogP) is 6.36. The van der Waals surface area contributed by atoms with Crippen molar-refractivity contribution >= 4 is 23.3 Å². The van der Waals surface area contributed by atoms with Crippen LogP contribution in [-0.4, -0.2) is 28.4 Å². The molecule has 0 aromatic rings. The van der Waals surface area contributed by atoms with E-state index in [1.54, 1.807) is 19.9 Å². The topological polar surface area (TPSA) is 88.5 Å². The molecule has 3 rings (SSSR count). The van der Waals surface area contributed by atoms with Gasteiger partial charge in [-0.3, -0.25) is 14.4 Å². The molecule has 35 heavy (non-hydrogen) atoms. The molecule has 0 heterocycles. The van der Waals surface area contributed by atoms with Gasteiger partial charge in [-0.2, -0.15) is 0 Å². The maximum Gasteiger partial charge on any atom is 0.330 e. The maximum absolute atomic E-state index is 13.5. The Balaban J connectivity index is 1.74. The van der Waals surface area contributed by atoms with Gasteiger partial charge in [0.25, 0.3) is 0 Å². The van der Waals surface area contributed by atoms with Crippen molar-refractivity contribution < 1.29 is 24.3 Å². The van der Waals surface area contributed by atoms with E-state index in [1.165, 1.54) is 5.57 Å². The van der Waals surface area contributed by atoms with E-state index in [1.807, 2.05) is 6.08 Å². The minimum atomic E-state index is -0.911. The Morgan fingerprint density at radius 1 is 1.11 bits per heavy atom. The van der Waals surface area contributed by atoms with Crippen LogP contribution in [0.2, 0.25) is 0 Å². The number of carboxylic acid groups (broad SMARTS) is 1. The van der Waals surface area contributed by atoms with E-state index in [2.05, 4.69) is 34.6 Å². The highest BCUT2D eigenvalue weighted by Gasteiger charge is 2.60. The van der Waals surface area contributed by atoms with Gasteiger partial charge in [-0.05, 0) is 88.0 Å². The molecule has 5 heteroatoms. The number of Topliss-reactive ketones (excluding diaryl/α,β-unsaturated/α-hetero) is 2. The molecule has 194 valence electrons. The molecule has 0 aromatic heterocycles. The van der Waals surface area contributed by atoms with Crippen molar-refractivity contribution in [2.75, 3.05) is 0 Å². The molecular weight excluding hydrogens is 440 g/mol. The third-order valence-electron chi connectivity index (χ3n) is 10.2. The van der Waals surface area contributed by atoms with Crippen LogP contribution in [0.15, 0.2) is 23.3 Å². The summed E-state index contributed by atoms with van der Waals surface area (Å²) in [5.41, 5.74) is 0.612. The molecule has 0 bridgehead atoms. The van der Waals surface area contributed by atoms with Crippen LogP contribution < -0.4 is 0 Å². The maximum atomic E-state index is 13.5. The standard InChI is InChI=1S/C30H44O5/c1-18(9-8-10-19(2)27(34)35)21(20(3)31)13-15-30(7)22-11-12-24-28(4,5)25(32)14-16-29(24,6)23(22)17-26(30)33/h10,17-18,21-22,24H,8-9,11-16H2,1-7H3,(H,34,35)/b19-10-/t18-,21-,22-,24+,29-,30+/m1/s1. The van der Waals surface area contributed by atoms with Crippen LogP contribution >= 0.6 is 0 Å². The molecule has 3 aliphatic carbocycles. The van der Waals surface area contributed by atoms with Crippen molar-refractivity contribution in [3.63, 3.8) is 0 Å². The zero-order valence-corrected chi connectivity index (χ0v) is 22.7. The van der Waals surface area contributed by atoms with Gasteiger partial charge in [-0.15, -0.1) is 0 Å². The Kier molecular flexibility index (Phi) is 7.70. The fourth-order valence-corrected chi connectivity index (χ4v) is 7.67. The summed E-state index contributed by atoms with van der Waals surface area (Å²) in [6.07, 6.45) is 9.64. The van der Waals surface area contributed by atoms with Gasteiger partial charge in [0.15, 0.2) is 5.78 Å². The number of aliphatic carboxylic acids is 1. The molecule has 0 amide bonds. The molecule has 0 aromatic carbocycles. The van der Waals surface area contributed by atoms with Crippen molar-refractivity contribution in [2.45, 2.75) is 99.8 Å². The van der Waals surface area contributed by atoms with Crippen LogP contribution in [0, 0.1) is 39.9 Å². The van der Waals surface area contributed by atoms with Gasteiger partial charge in [0.2, 0.25) is 0 Å². The highest BCUT2D eigenvalue weighted by Crippen LogP contribution is 2.65. The fourth-order valence-electron chi connectivity index (χ4n) is 7.67. The molecular formula is C30H44O5. The Morgan fingerprint density at radius 2 is 1.77 bits per heavy atom. The van der Waals surface area contributed by atoms with Crippen LogP contribution in [0.1, 0.15) is 99.8 Å². The zero-order valence-electron chi connectivity index (χ0n) is 22.7. The summed E-state index contributed by atoms with van der Waals surface area (Å²) in [6, 6.07) is 0. The first kappa shape index (κ1) is 27.5. The zero-order chi connectivity index (χ0) is 26.3. The third-order valence-corrected chi connectivity index (χ3v) is 10.2. The predicted molar refractivity (Wildman–Crippen MR) is 137 cm³/mol. The van der Waals surface area contributed by atoms with Crippen molar-refractivity contribution in [1.29, 1.82) is 0 Å². The Bertz CT molecular complexity index is 969. The first-order valence-electron chi connectivity index (χ1n) is 13.4. The first-order chi connectivity index (χ1) is 16.2. The number of allylic oxidation sites excluding steroid dienone is 3. The van der Waals surface area contributed by atoms with E-state index in [-0.39, 0.29) is 46.1 Å². The minimum absolute atomic E-state index is 0.116. The third kappa shape index (κ3) is 4.84. The molecule has 1 N–H and O–H groups in total. The number of carbonyl (C=O) groups excluding carboxylic acids is 3. The molecule has 0 spiro atoms. The monoisotopic (exact) mass is 484 g/mol. The van der Waals surface area contributed by atoms with Crippen molar-refractivity contribution in [3.05, 3.63) is 23.3 Å². The lowest BCUT2D eigenvalue weighted by atomic mass is 9.47. The van der Waals surface area contributed by atoms with Crippen molar-refractivity contribution in [1.82, 2.24) is 0 Å². The van der Waals surface area contributed by atoms with Gasteiger partial charge in [0.1, 0.15) is 11.6 Å². The summed E-state index contributed by atoms with van der Waals surface area (Å²) in [5.74, 6) is 0.191. The number of carbonyl (C=O) groups is 4. The number of rotatable bonds is 9. The lowest BCUT2D eigenvalue weighted by Gasteiger charge is -2.56. The number of hydrogen-bond donors (Lipinski definition) is 1. The van der Waals surface area contributed by atoms with Gasteiger partial charge >= 0.3 is 5.97 Å². The van der Waals surface area contributed by atoms with Crippen LogP contribution in [0.4, 0.5) is 0 Å². The molecule has 2 saturated carbocycles. The average molecular weight is 485 g/mol. The smallest absolute Gasteiger partial charge is 0.330 e. The summed E-state index contributed by atoms with van der Waals surface area (Å²) < 4.78 is 0. The second kappa shape index (κ2) is 9.78. The largest absolute Gasteiger partial charge is 0.478 e. The average Bonchev–Trinajstić information content (AvgIpc) is 3.02. The SMILES string of the molecule is CC(=O)[C@H](CC[C@]1(C)C(=O)C=C2[C@H]1CC[C@H]1C(C)(C)C(=O)CC[C@]21C)[C@H](C)CC/C=C(/C)C(=O)O. The van der Waals surface area contributed by atoms with E-state index < -0.39 is 11.4 Å². The summed E-state index contributed by atoms with van der Waals surface area (Å²) in [5, 5.41) is 9.05. The van der Waals surface area contributed by atoms with Gasteiger partial charge in [0, 0.05) is 28.7 Å². The summed E-state index contributed by atoms with van der Waals surface area (Å²) in [7, 11) is 0. The van der Waals surface area contributed by atoms with Crippen LogP contribution in [0.5, 0.6) is 0 Å². The van der Waals surface area contributed by atoms with E-state index in [0.717, 1.165) is 25.7 Å². The summed E-state index contributed by atoms with van der Waals surface area (Å²) >= 11 is 0. The van der Waals surface area contributed by atoms with Crippen LogP contribution in [0.3, 0.4) is 0 Å². The second-order valence-corrected chi connectivity index (χ2v) is 12.6. The molecule has 2 fully saturated rings. The fraction of sp³-hybridized carbons (Fsp3) is 0.733. The number of fused-ring (bicyclic) bond motifs is 3. The second-order valence-electron chi connectivity index (χ2n) is 12.6. The highest BCUT2D eigenvalue weighted by molar-refractivity contribution is 5.99. The highest BCUT2D eigenvalue weighted by atomic mass is 16.4. The Labute approximate surface area is 210 Å². The quantitative estimate of drug-likeness (QED) is 0.385. The van der Waals surface area contributed by atoms with Crippen molar-refractivity contribution in [2.24, 2.45) is 39.9 Å². The van der Waals surface area contributed by atoms with Gasteiger partial charge in [0.05, 0.1) is 0 Å². The first-order valence-corrected chi connectivity index (χ1v) is 13.4. The normalized spacial score (nSPS) is 34.0. The van der Waals surface area contributed by atoms with Gasteiger partial charge < -0.3 is 5.11 Å². The van der Waals surface area contributed by atoms with Gasteiger partial charge in [-0.1, -0.05) is 46.3 Å². The molecule has 0 aliphatic heterocycles. The van der Waals surface area contributed by atoms with E-state index in [9.17, 15) is 19.2 Å². The number of ketones is 3. The van der Waals surface area contributed by atoms with Gasteiger partial charge in [-0.25, -0.2) is 4.79 Å². The molecule has 0 saturated heterocycles. The van der Waals surface area contributed by atoms with Crippen LogP contribution in [0.25, 0.3) is 0 Å². The van der Waals surface area contributed by atoms with E-state index in [0.29, 0.717) is 37.0 Å². The number of hydrogen-bond acceptors (Lipinski definition) is 4. The Hall–Kier alpha value is -2.04.